The Bertz CT molecular complexity index is 769. The van der Waals surface area contributed by atoms with Crippen LogP contribution in [0.1, 0.15) is 48.9 Å². The second-order valence-corrected chi connectivity index (χ2v) is 8.46. The second kappa shape index (κ2) is 7.40. The highest BCUT2D eigenvalue weighted by Crippen LogP contribution is 2.36. The number of piperidine rings is 1. The van der Waals surface area contributed by atoms with Crippen LogP contribution in [0.15, 0.2) is 12.1 Å². The van der Waals surface area contributed by atoms with E-state index in [0.717, 1.165) is 38.6 Å². The van der Waals surface area contributed by atoms with Crippen LogP contribution in [0.25, 0.3) is 0 Å². The smallest absolute Gasteiger partial charge is 0.317 e. The van der Waals surface area contributed by atoms with Crippen LogP contribution in [0.2, 0.25) is 10.0 Å². The minimum atomic E-state index is -0.286. The first-order chi connectivity index (χ1) is 13.0. The van der Waals surface area contributed by atoms with E-state index in [4.69, 9.17) is 23.2 Å². The van der Waals surface area contributed by atoms with Crippen molar-refractivity contribution in [3.05, 3.63) is 27.7 Å². The zero-order chi connectivity index (χ0) is 19.1. The predicted octanol–water partition coefficient (Wildman–Crippen LogP) is 3.64. The Balaban J connectivity index is 1.51. The molecule has 0 bridgehead atoms. The molecule has 6 nitrogen and oxygen atoms in total. The zero-order valence-electron chi connectivity index (χ0n) is 15.0. The summed E-state index contributed by atoms with van der Waals surface area (Å²) in [5.74, 6) is -0.532. The maximum Gasteiger partial charge on any atom is 0.317 e. The molecule has 2 aliphatic heterocycles. The first-order valence-electron chi connectivity index (χ1n) is 9.52. The summed E-state index contributed by atoms with van der Waals surface area (Å²) in [5, 5.41) is 13.7. The zero-order valence-corrected chi connectivity index (χ0v) is 16.5. The Morgan fingerprint density at radius 1 is 1.00 bits per heavy atom. The van der Waals surface area contributed by atoms with Gasteiger partial charge in [-0.3, -0.25) is 4.79 Å². The number of nitrogens with zero attached hydrogens (tertiary/aromatic N) is 2. The number of benzene rings is 1. The minimum Gasteiger partial charge on any atom is -0.506 e. The van der Waals surface area contributed by atoms with Crippen molar-refractivity contribution in [2.45, 2.75) is 56.7 Å². The number of amides is 3. The number of carbonyl (C=O) groups excluding carboxylic acids is 2. The number of halogens is 2. The van der Waals surface area contributed by atoms with Crippen LogP contribution in [0.5, 0.6) is 5.75 Å². The lowest BCUT2D eigenvalue weighted by molar-refractivity contribution is 0.0626. The van der Waals surface area contributed by atoms with Crippen molar-refractivity contribution in [1.82, 2.24) is 15.1 Å². The largest absolute Gasteiger partial charge is 0.506 e. The summed E-state index contributed by atoms with van der Waals surface area (Å²) >= 11 is 12.0. The van der Waals surface area contributed by atoms with Crippen molar-refractivity contribution >= 4 is 35.1 Å². The summed E-state index contributed by atoms with van der Waals surface area (Å²) < 4.78 is 0. The van der Waals surface area contributed by atoms with Gasteiger partial charge in [0, 0.05) is 24.2 Å². The summed E-state index contributed by atoms with van der Waals surface area (Å²) in [4.78, 5) is 29.4. The Morgan fingerprint density at radius 3 is 2.44 bits per heavy atom. The standard InChI is InChI=1S/C19H23Cl2N3O3/c20-11-9-13(17(25)14(21)10-11)18(26)23-8-6-16-15(23)5-2-7-24(16)19(27)22-12-3-1-4-12/h9-10,12,15-16,25H,1-8H2,(H,22,27)/t15-,16-/m0/s1. The van der Waals surface area contributed by atoms with Crippen LogP contribution >= 0.6 is 23.2 Å². The SMILES string of the molecule is O=C(NC1CCC1)N1CCC[C@H]2[C@@H]1CCN2C(=O)c1cc(Cl)cc(Cl)c1O. The van der Waals surface area contributed by atoms with Crippen molar-refractivity contribution in [1.29, 1.82) is 0 Å². The second-order valence-electron chi connectivity index (χ2n) is 7.62. The van der Waals surface area contributed by atoms with E-state index in [2.05, 4.69) is 5.32 Å². The van der Waals surface area contributed by atoms with E-state index in [-0.39, 0.29) is 40.4 Å². The van der Waals surface area contributed by atoms with Crippen LogP contribution in [0.4, 0.5) is 4.79 Å². The molecule has 1 saturated carbocycles. The number of urea groups is 1. The predicted molar refractivity (Wildman–Crippen MR) is 103 cm³/mol. The van der Waals surface area contributed by atoms with E-state index in [1.165, 1.54) is 18.6 Å². The molecule has 1 aliphatic carbocycles. The van der Waals surface area contributed by atoms with Gasteiger partial charge in [0.1, 0.15) is 5.75 Å². The summed E-state index contributed by atoms with van der Waals surface area (Å²) in [5.41, 5.74) is 0.115. The van der Waals surface area contributed by atoms with Gasteiger partial charge < -0.3 is 20.2 Å². The lowest BCUT2D eigenvalue weighted by Gasteiger charge is -2.41. The lowest BCUT2D eigenvalue weighted by atomic mass is 9.93. The van der Waals surface area contributed by atoms with E-state index in [0.29, 0.717) is 17.6 Å². The van der Waals surface area contributed by atoms with Crippen molar-refractivity contribution in [3.8, 4) is 5.75 Å². The molecule has 1 aromatic carbocycles. The number of hydrogen-bond acceptors (Lipinski definition) is 3. The van der Waals surface area contributed by atoms with Gasteiger partial charge in [-0.05, 0) is 50.7 Å². The third-order valence-electron chi connectivity index (χ3n) is 6.02. The Kier molecular flexibility index (Phi) is 5.12. The highest BCUT2D eigenvalue weighted by Gasteiger charge is 2.44. The quantitative estimate of drug-likeness (QED) is 0.779. The molecular formula is C19H23Cl2N3O3. The molecule has 0 unspecified atom stereocenters. The van der Waals surface area contributed by atoms with Crippen molar-refractivity contribution in [3.63, 3.8) is 0 Å². The topological polar surface area (TPSA) is 72.9 Å². The third kappa shape index (κ3) is 3.45. The van der Waals surface area contributed by atoms with E-state index in [9.17, 15) is 14.7 Å². The number of phenolic OH excluding ortho intramolecular Hbond substituents is 1. The highest BCUT2D eigenvalue weighted by atomic mass is 35.5. The van der Waals surface area contributed by atoms with Gasteiger partial charge in [-0.1, -0.05) is 23.2 Å². The number of hydrogen-bond donors (Lipinski definition) is 2. The lowest BCUT2D eigenvalue weighted by Crippen LogP contribution is -2.57. The van der Waals surface area contributed by atoms with Crippen molar-refractivity contribution in [2.75, 3.05) is 13.1 Å². The molecule has 8 heteroatoms. The van der Waals surface area contributed by atoms with Crippen LogP contribution in [0.3, 0.4) is 0 Å². The van der Waals surface area contributed by atoms with E-state index in [1.54, 1.807) is 4.90 Å². The summed E-state index contributed by atoms with van der Waals surface area (Å²) in [7, 11) is 0. The van der Waals surface area contributed by atoms with Crippen LogP contribution in [-0.4, -0.2) is 58.1 Å². The fourth-order valence-corrected chi connectivity index (χ4v) is 4.88. The highest BCUT2D eigenvalue weighted by molar-refractivity contribution is 6.36. The monoisotopic (exact) mass is 411 g/mol. The average Bonchev–Trinajstić information content (AvgIpc) is 3.04. The molecule has 2 heterocycles. The molecule has 3 fully saturated rings. The van der Waals surface area contributed by atoms with Gasteiger partial charge in [0.2, 0.25) is 0 Å². The number of rotatable bonds is 2. The van der Waals surface area contributed by atoms with E-state index in [1.807, 2.05) is 4.90 Å². The summed E-state index contributed by atoms with van der Waals surface area (Å²) in [6.07, 6.45) is 5.71. The van der Waals surface area contributed by atoms with Gasteiger partial charge in [-0.25, -0.2) is 4.79 Å². The van der Waals surface area contributed by atoms with Gasteiger partial charge in [0.15, 0.2) is 0 Å². The van der Waals surface area contributed by atoms with E-state index >= 15 is 0 Å². The van der Waals surface area contributed by atoms with Gasteiger partial charge in [-0.15, -0.1) is 0 Å². The van der Waals surface area contributed by atoms with Crippen molar-refractivity contribution in [2.24, 2.45) is 0 Å². The summed E-state index contributed by atoms with van der Waals surface area (Å²) in [6, 6.07) is 3.10. The van der Waals surface area contributed by atoms with Crippen LogP contribution in [0, 0.1) is 0 Å². The first-order valence-corrected chi connectivity index (χ1v) is 10.3. The first kappa shape index (κ1) is 18.7. The van der Waals surface area contributed by atoms with Gasteiger partial charge in [-0.2, -0.15) is 0 Å². The molecule has 3 amide bonds. The van der Waals surface area contributed by atoms with Crippen LogP contribution in [-0.2, 0) is 0 Å². The molecule has 0 aromatic heterocycles. The molecule has 1 aromatic rings. The van der Waals surface area contributed by atoms with Crippen LogP contribution < -0.4 is 5.32 Å². The molecular weight excluding hydrogens is 389 g/mol. The van der Waals surface area contributed by atoms with E-state index < -0.39 is 0 Å². The number of fused-ring (bicyclic) bond motifs is 1. The molecule has 146 valence electrons. The molecule has 4 rings (SSSR count). The molecule has 27 heavy (non-hydrogen) atoms. The maximum atomic E-state index is 13.1. The number of nitrogens with one attached hydrogen (secondary N) is 1. The molecule has 2 N–H and O–H groups in total. The fourth-order valence-electron chi connectivity index (χ4n) is 4.38. The van der Waals surface area contributed by atoms with Crippen molar-refractivity contribution < 1.29 is 14.7 Å². The van der Waals surface area contributed by atoms with Gasteiger partial charge >= 0.3 is 6.03 Å². The van der Waals surface area contributed by atoms with Gasteiger partial charge in [0.25, 0.3) is 5.91 Å². The number of likely N-dealkylation sites (tertiary alicyclic amines) is 2. The molecule has 3 aliphatic rings. The minimum absolute atomic E-state index is 0.0135. The molecule has 2 atom stereocenters. The maximum absolute atomic E-state index is 13.1. The Morgan fingerprint density at radius 2 is 1.74 bits per heavy atom. The fraction of sp³-hybridized carbons (Fsp3) is 0.579. The molecule has 2 saturated heterocycles. The average molecular weight is 412 g/mol. The third-order valence-corrected chi connectivity index (χ3v) is 6.53. The van der Waals surface area contributed by atoms with Gasteiger partial charge in [0.05, 0.1) is 22.7 Å². The molecule has 0 spiro atoms. The summed E-state index contributed by atoms with van der Waals surface area (Å²) in [6.45, 7) is 1.26. The number of aromatic hydroxyl groups is 1. The molecule has 0 radical (unpaired) electrons. The number of phenols is 1. The number of carbonyl (C=O) groups is 2. The normalized spacial score (nSPS) is 25.1. The Hall–Kier alpha value is -1.66. The Labute approximate surface area is 168 Å².